The Morgan fingerprint density at radius 1 is 1.32 bits per heavy atom. The number of carbonyl (C=O) groups is 1. The number of rotatable bonds is 7. The molecular formula is C19H23F3N4O2. The summed E-state index contributed by atoms with van der Waals surface area (Å²) < 4.78 is 41.8. The summed E-state index contributed by atoms with van der Waals surface area (Å²) in [7, 11) is 0. The van der Waals surface area contributed by atoms with Crippen LogP contribution in [0.2, 0.25) is 0 Å². The van der Waals surface area contributed by atoms with Gasteiger partial charge < -0.3 is 5.32 Å². The Hall–Kier alpha value is -2.58. The van der Waals surface area contributed by atoms with Crippen LogP contribution >= 0.6 is 0 Å². The second-order valence-corrected chi connectivity index (χ2v) is 7.46. The second kappa shape index (κ2) is 7.81. The van der Waals surface area contributed by atoms with E-state index in [4.69, 9.17) is 0 Å². The molecule has 1 aliphatic rings. The molecule has 0 unspecified atom stereocenters. The van der Waals surface area contributed by atoms with E-state index < -0.39 is 11.7 Å². The first-order valence-electron chi connectivity index (χ1n) is 9.30. The van der Waals surface area contributed by atoms with E-state index in [0.717, 1.165) is 25.0 Å². The number of hydrogen-bond donors (Lipinski definition) is 1. The minimum atomic E-state index is -4.47. The average molecular weight is 396 g/mol. The van der Waals surface area contributed by atoms with Crippen molar-refractivity contribution in [3.63, 3.8) is 0 Å². The number of amides is 1. The monoisotopic (exact) mass is 396 g/mol. The van der Waals surface area contributed by atoms with E-state index >= 15 is 0 Å². The Bertz CT molecular complexity index is 911. The van der Waals surface area contributed by atoms with E-state index in [-0.39, 0.29) is 48.0 Å². The van der Waals surface area contributed by atoms with Gasteiger partial charge in [-0.3, -0.25) is 9.36 Å². The molecule has 1 aliphatic carbocycles. The van der Waals surface area contributed by atoms with E-state index in [2.05, 4.69) is 10.4 Å². The molecule has 2 aromatic rings. The van der Waals surface area contributed by atoms with Gasteiger partial charge in [0.15, 0.2) is 5.82 Å². The summed E-state index contributed by atoms with van der Waals surface area (Å²) in [6.45, 7) is 4.26. The third kappa shape index (κ3) is 4.63. The molecule has 1 fully saturated rings. The molecular weight excluding hydrogens is 373 g/mol. The molecule has 0 aliphatic heterocycles. The third-order valence-corrected chi connectivity index (χ3v) is 4.47. The smallest absolute Gasteiger partial charge is 0.354 e. The molecule has 9 heteroatoms. The zero-order valence-corrected chi connectivity index (χ0v) is 15.8. The van der Waals surface area contributed by atoms with Crippen molar-refractivity contribution < 1.29 is 18.0 Å². The lowest BCUT2D eigenvalue weighted by Gasteiger charge is -2.09. The Labute approximate surface area is 160 Å². The molecule has 0 spiro atoms. The summed E-state index contributed by atoms with van der Waals surface area (Å²) in [6.07, 6.45) is -2.49. The molecule has 0 saturated heterocycles. The first-order valence-corrected chi connectivity index (χ1v) is 9.30. The van der Waals surface area contributed by atoms with Gasteiger partial charge >= 0.3 is 11.9 Å². The molecule has 6 nitrogen and oxygen atoms in total. The van der Waals surface area contributed by atoms with Crippen LogP contribution in [0.5, 0.6) is 0 Å². The van der Waals surface area contributed by atoms with Crippen molar-refractivity contribution in [2.45, 2.75) is 51.9 Å². The van der Waals surface area contributed by atoms with E-state index in [0.29, 0.717) is 6.42 Å². The van der Waals surface area contributed by atoms with Crippen LogP contribution in [0.15, 0.2) is 29.1 Å². The minimum absolute atomic E-state index is 0.0404. The highest BCUT2D eigenvalue weighted by molar-refractivity contribution is 5.75. The number of nitrogens with one attached hydrogen (secondary N) is 1. The van der Waals surface area contributed by atoms with Crippen molar-refractivity contribution in [3.8, 4) is 11.4 Å². The van der Waals surface area contributed by atoms with Crippen LogP contribution in [-0.2, 0) is 17.5 Å². The number of halogens is 3. The fourth-order valence-electron chi connectivity index (χ4n) is 3.00. The van der Waals surface area contributed by atoms with Crippen LogP contribution in [0.3, 0.4) is 0 Å². The highest BCUT2D eigenvalue weighted by atomic mass is 19.4. The molecule has 1 aromatic carbocycles. The Balaban J connectivity index is 1.84. The summed E-state index contributed by atoms with van der Waals surface area (Å²) in [5, 5.41) is 7.01. The molecule has 1 heterocycles. The van der Waals surface area contributed by atoms with E-state index in [1.165, 1.54) is 21.4 Å². The van der Waals surface area contributed by atoms with Gasteiger partial charge in [-0.1, -0.05) is 26.0 Å². The number of aromatic nitrogens is 3. The topological polar surface area (TPSA) is 68.9 Å². The predicted molar refractivity (Wildman–Crippen MR) is 97.7 cm³/mol. The average Bonchev–Trinajstić information content (AvgIpc) is 3.38. The summed E-state index contributed by atoms with van der Waals surface area (Å²) in [5.41, 5.74) is -0.898. The summed E-state index contributed by atoms with van der Waals surface area (Å²) in [4.78, 5) is 24.4. The molecule has 3 rings (SSSR count). The lowest BCUT2D eigenvalue weighted by molar-refractivity contribution is -0.137. The highest BCUT2D eigenvalue weighted by Gasteiger charge is 2.33. The maximum absolute atomic E-state index is 13.0. The van der Waals surface area contributed by atoms with Crippen LogP contribution in [0.4, 0.5) is 13.2 Å². The van der Waals surface area contributed by atoms with Crippen molar-refractivity contribution in [2.75, 3.05) is 6.54 Å². The zero-order valence-electron chi connectivity index (χ0n) is 15.8. The van der Waals surface area contributed by atoms with Crippen molar-refractivity contribution >= 4 is 5.91 Å². The number of benzene rings is 1. The highest BCUT2D eigenvalue weighted by Crippen LogP contribution is 2.37. The van der Waals surface area contributed by atoms with Crippen LogP contribution in [0.25, 0.3) is 11.4 Å². The predicted octanol–water partition coefficient (Wildman–Crippen LogP) is 3.23. The summed E-state index contributed by atoms with van der Waals surface area (Å²) in [6, 6.07) is 4.79. The van der Waals surface area contributed by atoms with E-state index in [9.17, 15) is 22.8 Å². The lowest BCUT2D eigenvalue weighted by atomic mass is 10.1. The Morgan fingerprint density at radius 3 is 2.64 bits per heavy atom. The Morgan fingerprint density at radius 2 is 2.04 bits per heavy atom. The number of nitrogens with zero attached hydrogens (tertiary/aromatic N) is 3. The largest absolute Gasteiger partial charge is 0.416 e. The zero-order chi connectivity index (χ0) is 20.5. The maximum Gasteiger partial charge on any atom is 0.416 e. The van der Waals surface area contributed by atoms with Crippen molar-refractivity contribution in [2.24, 2.45) is 5.92 Å². The first kappa shape index (κ1) is 20.2. The van der Waals surface area contributed by atoms with Crippen molar-refractivity contribution in [3.05, 3.63) is 40.3 Å². The number of hydrogen-bond acceptors (Lipinski definition) is 3. The van der Waals surface area contributed by atoms with Gasteiger partial charge in [0.2, 0.25) is 5.91 Å². The van der Waals surface area contributed by atoms with Gasteiger partial charge in [-0.05, 0) is 30.9 Å². The van der Waals surface area contributed by atoms with E-state index in [1.54, 1.807) is 0 Å². The van der Waals surface area contributed by atoms with Crippen LogP contribution in [-0.4, -0.2) is 26.8 Å². The molecule has 152 valence electrons. The normalized spacial score (nSPS) is 14.5. The summed E-state index contributed by atoms with van der Waals surface area (Å²) >= 11 is 0. The maximum atomic E-state index is 13.0. The molecule has 0 atom stereocenters. The van der Waals surface area contributed by atoms with Gasteiger partial charge in [0.05, 0.1) is 12.1 Å². The van der Waals surface area contributed by atoms with Crippen LogP contribution in [0, 0.1) is 5.92 Å². The molecule has 0 radical (unpaired) electrons. The van der Waals surface area contributed by atoms with Crippen LogP contribution in [0.1, 0.15) is 44.7 Å². The molecule has 1 saturated carbocycles. The quantitative estimate of drug-likeness (QED) is 0.781. The second-order valence-electron chi connectivity index (χ2n) is 7.46. The third-order valence-electron chi connectivity index (χ3n) is 4.47. The van der Waals surface area contributed by atoms with Gasteiger partial charge in [0.25, 0.3) is 0 Å². The van der Waals surface area contributed by atoms with Gasteiger partial charge in [0, 0.05) is 24.6 Å². The van der Waals surface area contributed by atoms with E-state index in [1.807, 2.05) is 13.8 Å². The molecule has 0 bridgehead atoms. The van der Waals surface area contributed by atoms with Crippen molar-refractivity contribution in [1.82, 2.24) is 19.7 Å². The van der Waals surface area contributed by atoms with Gasteiger partial charge in [-0.2, -0.15) is 13.2 Å². The first-order chi connectivity index (χ1) is 13.2. The van der Waals surface area contributed by atoms with Crippen molar-refractivity contribution in [1.29, 1.82) is 0 Å². The molecule has 1 aromatic heterocycles. The number of alkyl halides is 3. The fourth-order valence-corrected chi connectivity index (χ4v) is 3.00. The number of carbonyl (C=O) groups excluding carboxylic acids is 1. The molecule has 1 amide bonds. The molecule has 28 heavy (non-hydrogen) atoms. The standard InChI is InChI=1S/C19H23F3N4O2/c1-12(2)10-16(27)23-8-9-25-18(28)26(15-6-7-15)17(24-25)13-4-3-5-14(11-13)19(20,21)22/h3-5,11-12,15H,6-10H2,1-2H3,(H,23,27). The fraction of sp³-hybridized carbons (Fsp3) is 0.526. The lowest BCUT2D eigenvalue weighted by Crippen LogP contribution is -2.32. The molecule has 1 N–H and O–H groups in total. The van der Waals surface area contributed by atoms with Gasteiger partial charge in [0.1, 0.15) is 0 Å². The Kier molecular flexibility index (Phi) is 5.62. The summed E-state index contributed by atoms with van der Waals surface area (Å²) in [5.74, 6) is 0.346. The minimum Gasteiger partial charge on any atom is -0.354 e. The van der Waals surface area contributed by atoms with Gasteiger partial charge in [-0.25, -0.2) is 9.48 Å². The van der Waals surface area contributed by atoms with Gasteiger partial charge in [-0.15, -0.1) is 5.10 Å². The SMILES string of the molecule is CC(C)CC(=O)NCCn1nc(-c2cccc(C(F)(F)F)c2)n(C2CC2)c1=O. The van der Waals surface area contributed by atoms with Crippen LogP contribution < -0.4 is 11.0 Å².